The number of amides is 1. The van der Waals surface area contributed by atoms with Gasteiger partial charge in [-0.1, -0.05) is 11.6 Å². The molecule has 0 saturated heterocycles. The van der Waals surface area contributed by atoms with Crippen LogP contribution in [0, 0.1) is 13.8 Å². The van der Waals surface area contributed by atoms with Crippen molar-refractivity contribution in [2.75, 3.05) is 13.2 Å². The molecule has 122 valence electrons. The summed E-state index contributed by atoms with van der Waals surface area (Å²) in [5.74, 6) is -0.185. The molecule has 0 spiro atoms. The molecule has 0 radical (unpaired) electrons. The van der Waals surface area contributed by atoms with Gasteiger partial charge < -0.3 is 15.2 Å². The van der Waals surface area contributed by atoms with Crippen molar-refractivity contribution >= 4 is 23.5 Å². The predicted octanol–water partition coefficient (Wildman–Crippen LogP) is 3.10. The second-order valence-corrected chi connectivity index (χ2v) is 5.55. The Morgan fingerprint density at radius 3 is 2.41 bits per heavy atom. The van der Waals surface area contributed by atoms with Crippen LogP contribution >= 0.6 is 11.6 Å². The second kappa shape index (κ2) is 9.30. The topological polar surface area (TPSA) is 75.6 Å². The van der Waals surface area contributed by atoms with E-state index in [1.807, 2.05) is 26.0 Å². The molecule has 1 aromatic rings. The Kier molecular flexibility index (Phi) is 7.74. The predicted molar refractivity (Wildman–Crippen MR) is 85.5 cm³/mol. The number of aryl methyl sites for hydroxylation is 2. The number of ether oxygens (including phenoxy) is 1. The minimum absolute atomic E-state index is 0.0681. The van der Waals surface area contributed by atoms with E-state index in [0.29, 0.717) is 32.4 Å². The Balaban J connectivity index is 2.19. The van der Waals surface area contributed by atoms with Crippen LogP contribution in [-0.2, 0) is 9.59 Å². The largest absolute Gasteiger partial charge is 0.494 e. The molecular weight excluding hydrogens is 306 g/mol. The number of carboxylic acid groups (broad SMARTS) is 1. The van der Waals surface area contributed by atoms with Crippen molar-refractivity contribution in [2.45, 2.75) is 39.5 Å². The summed E-state index contributed by atoms with van der Waals surface area (Å²) >= 11 is 6.09. The summed E-state index contributed by atoms with van der Waals surface area (Å²) in [5, 5.41) is 11.9. The van der Waals surface area contributed by atoms with Crippen molar-refractivity contribution in [3.8, 4) is 5.75 Å². The lowest BCUT2D eigenvalue weighted by molar-refractivity contribution is -0.137. The van der Waals surface area contributed by atoms with Crippen molar-refractivity contribution in [3.63, 3.8) is 0 Å². The second-order valence-electron chi connectivity index (χ2n) is 5.17. The maximum absolute atomic E-state index is 11.5. The number of benzene rings is 1. The summed E-state index contributed by atoms with van der Waals surface area (Å²) < 4.78 is 5.61. The maximum atomic E-state index is 11.5. The van der Waals surface area contributed by atoms with E-state index in [9.17, 15) is 9.59 Å². The molecule has 1 amide bonds. The summed E-state index contributed by atoms with van der Waals surface area (Å²) in [7, 11) is 0. The van der Waals surface area contributed by atoms with Crippen LogP contribution in [0.25, 0.3) is 0 Å². The number of aliphatic carboxylic acids is 1. The normalized spacial score (nSPS) is 10.3. The smallest absolute Gasteiger partial charge is 0.303 e. The molecule has 0 bridgehead atoms. The molecule has 0 unspecified atom stereocenters. The molecule has 0 saturated carbocycles. The molecule has 0 fully saturated rings. The van der Waals surface area contributed by atoms with Crippen LogP contribution in [0.3, 0.4) is 0 Å². The number of hydrogen-bond acceptors (Lipinski definition) is 3. The van der Waals surface area contributed by atoms with Crippen molar-refractivity contribution in [1.82, 2.24) is 5.32 Å². The van der Waals surface area contributed by atoms with Gasteiger partial charge >= 0.3 is 5.97 Å². The van der Waals surface area contributed by atoms with Gasteiger partial charge in [-0.2, -0.15) is 0 Å². The van der Waals surface area contributed by atoms with Gasteiger partial charge in [0.05, 0.1) is 6.61 Å². The highest BCUT2D eigenvalue weighted by atomic mass is 35.5. The highest BCUT2D eigenvalue weighted by Crippen LogP contribution is 2.25. The SMILES string of the molecule is Cc1cc(OCCCC(=O)NCCCC(=O)O)cc(C)c1Cl. The van der Waals surface area contributed by atoms with Crippen molar-refractivity contribution in [2.24, 2.45) is 0 Å². The van der Waals surface area contributed by atoms with Gasteiger partial charge in [-0.25, -0.2) is 0 Å². The van der Waals surface area contributed by atoms with Crippen LogP contribution in [0.1, 0.15) is 36.8 Å². The molecule has 0 heterocycles. The molecule has 5 nitrogen and oxygen atoms in total. The van der Waals surface area contributed by atoms with Gasteiger partial charge in [-0.3, -0.25) is 9.59 Å². The van der Waals surface area contributed by atoms with Gasteiger partial charge in [-0.05, 0) is 49.9 Å². The van der Waals surface area contributed by atoms with E-state index < -0.39 is 5.97 Å². The van der Waals surface area contributed by atoms with E-state index in [-0.39, 0.29) is 12.3 Å². The van der Waals surface area contributed by atoms with Crippen LogP contribution in [0.4, 0.5) is 0 Å². The van der Waals surface area contributed by atoms with E-state index in [0.717, 1.165) is 21.9 Å². The zero-order valence-corrected chi connectivity index (χ0v) is 13.7. The summed E-state index contributed by atoms with van der Waals surface area (Å²) in [6.45, 7) is 4.68. The van der Waals surface area contributed by atoms with Gasteiger partial charge in [0.25, 0.3) is 0 Å². The lowest BCUT2D eigenvalue weighted by atomic mass is 10.1. The summed E-state index contributed by atoms with van der Waals surface area (Å²) in [5.41, 5.74) is 1.93. The van der Waals surface area contributed by atoms with Gasteiger partial charge in [0.2, 0.25) is 5.91 Å². The van der Waals surface area contributed by atoms with Crippen LogP contribution < -0.4 is 10.1 Å². The Morgan fingerprint density at radius 1 is 1.18 bits per heavy atom. The number of hydrogen-bond donors (Lipinski definition) is 2. The van der Waals surface area contributed by atoms with Gasteiger partial charge in [0.1, 0.15) is 5.75 Å². The Morgan fingerprint density at radius 2 is 1.82 bits per heavy atom. The first-order valence-corrected chi connectivity index (χ1v) is 7.66. The molecule has 0 aliphatic rings. The molecule has 6 heteroatoms. The summed E-state index contributed by atoms with van der Waals surface area (Å²) in [6.07, 6.45) is 1.48. The Bertz CT molecular complexity index is 508. The number of nitrogens with one attached hydrogen (secondary N) is 1. The van der Waals surface area contributed by atoms with Crippen LogP contribution in [0.2, 0.25) is 5.02 Å². The minimum atomic E-state index is -0.851. The molecule has 0 atom stereocenters. The molecule has 22 heavy (non-hydrogen) atoms. The number of carbonyl (C=O) groups excluding carboxylic acids is 1. The number of carboxylic acids is 1. The lowest BCUT2D eigenvalue weighted by Gasteiger charge is -2.10. The van der Waals surface area contributed by atoms with Crippen LogP contribution in [0.5, 0.6) is 5.75 Å². The molecule has 0 aliphatic carbocycles. The molecule has 1 rings (SSSR count). The third-order valence-corrected chi connectivity index (χ3v) is 3.71. The van der Waals surface area contributed by atoms with E-state index in [2.05, 4.69) is 5.32 Å². The third-order valence-electron chi connectivity index (χ3n) is 3.12. The van der Waals surface area contributed by atoms with Gasteiger partial charge in [-0.15, -0.1) is 0 Å². The first-order chi connectivity index (χ1) is 10.4. The van der Waals surface area contributed by atoms with E-state index >= 15 is 0 Å². The first-order valence-electron chi connectivity index (χ1n) is 7.28. The van der Waals surface area contributed by atoms with Crippen molar-refractivity contribution < 1.29 is 19.4 Å². The molecule has 0 aromatic heterocycles. The maximum Gasteiger partial charge on any atom is 0.303 e. The lowest BCUT2D eigenvalue weighted by Crippen LogP contribution is -2.25. The monoisotopic (exact) mass is 327 g/mol. The van der Waals surface area contributed by atoms with E-state index in [1.54, 1.807) is 0 Å². The van der Waals surface area contributed by atoms with Gasteiger partial charge in [0.15, 0.2) is 0 Å². The fourth-order valence-electron chi connectivity index (χ4n) is 1.97. The fraction of sp³-hybridized carbons (Fsp3) is 0.500. The van der Waals surface area contributed by atoms with E-state index in [4.69, 9.17) is 21.4 Å². The highest BCUT2D eigenvalue weighted by Gasteiger charge is 2.05. The van der Waals surface area contributed by atoms with Crippen LogP contribution in [0.15, 0.2) is 12.1 Å². The van der Waals surface area contributed by atoms with Crippen LogP contribution in [-0.4, -0.2) is 30.1 Å². The zero-order chi connectivity index (χ0) is 16.5. The Labute approximate surface area is 135 Å². The molecule has 1 aromatic carbocycles. The summed E-state index contributed by atoms with van der Waals surface area (Å²) in [6, 6.07) is 3.75. The minimum Gasteiger partial charge on any atom is -0.494 e. The van der Waals surface area contributed by atoms with Crippen molar-refractivity contribution in [1.29, 1.82) is 0 Å². The average molecular weight is 328 g/mol. The standard InChI is InChI=1S/C16H22ClNO4/c1-11-9-13(10-12(2)16(11)17)22-8-4-5-14(19)18-7-3-6-15(20)21/h9-10H,3-8H2,1-2H3,(H,18,19)(H,20,21). The van der Waals surface area contributed by atoms with E-state index in [1.165, 1.54) is 0 Å². The van der Waals surface area contributed by atoms with Crippen molar-refractivity contribution in [3.05, 3.63) is 28.3 Å². The zero-order valence-electron chi connectivity index (χ0n) is 12.9. The highest BCUT2D eigenvalue weighted by molar-refractivity contribution is 6.32. The molecule has 2 N–H and O–H groups in total. The third kappa shape index (κ3) is 6.80. The number of rotatable bonds is 9. The Hall–Kier alpha value is -1.75. The average Bonchev–Trinajstić information content (AvgIpc) is 2.45. The molecular formula is C16H22ClNO4. The fourth-order valence-corrected chi connectivity index (χ4v) is 2.08. The number of halogens is 1. The van der Waals surface area contributed by atoms with Gasteiger partial charge in [0, 0.05) is 24.4 Å². The quantitative estimate of drug-likeness (QED) is 0.683. The summed E-state index contributed by atoms with van der Waals surface area (Å²) in [4.78, 5) is 21.8. The number of carbonyl (C=O) groups is 2. The molecule has 0 aliphatic heterocycles. The first kappa shape index (κ1) is 18.3.